The molecule has 154 valence electrons. The normalized spacial score (nSPS) is 18.4. The van der Waals surface area contributed by atoms with Crippen LogP contribution in [-0.4, -0.2) is 59.3 Å². The zero-order valence-electron chi connectivity index (χ0n) is 16.5. The first-order chi connectivity index (χ1) is 14.2. The summed E-state index contributed by atoms with van der Waals surface area (Å²) in [4.78, 5) is 27.2. The SMILES string of the molecule is O=C(COc1cccc(NC(=O)C2(n3cccn3)CCNCC2)c1)N1CCCC1. The van der Waals surface area contributed by atoms with Crippen molar-refractivity contribution in [2.75, 3.05) is 38.1 Å². The van der Waals surface area contributed by atoms with Crippen molar-refractivity contribution in [3.8, 4) is 5.75 Å². The molecule has 2 aliphatic rings. The number of nitrogens with zero attached hydrogens (tertiary/aromatic N) is 3. The van der Waals surface area contributed by atoms with Crippen LogP contribution in [0.4, 0.5) is 5.69 Å². The topological polar surface area (TPSA) is 88.5 Å². The smallest absolute Gasteiger partial charge is 0.260 e. The van der Waals surface area contributed by atoms with Crippen molar-refractivity contribution in [2.24, 2.45) is 0 Å². The van der Waals surface area contributed by atoms with Gasteiger partial charge in [0.05, 0.1) is 0 Å². The van der Waals surface area contributed by atoms with Crippen molar-refractivity contribution in [1.29, 1.82) is 0 Å². The number of piperidine rings is 1. The number of carbonyl (C=O) groups is 2. The lowest BCUT2D eigenvalue weighted by molar-refractivity contribution is -0.132. The maximum atomic E-state index is 13.2. The van der Waals surface area contributed by atoms with Crippen LogP contribution in [0.15, 0.2) is 42.7 Å². The summed E-state index contributed by atoms with van der Waals surface area (Å²) in [5.41, 5.74) is -0.0664. The average molecular weight is 397 g/mol. The van der Waals surface area contributed by atoms with Gasteiger partial charge in [-0.3, -0.25) is 14.3 Å². The molecule has 2 aliphatic heterocycles. The molecule has 2 saturated heterocycles. The highest BCUT2D eigenvalue weighted by molar-refractivity contribution is 5.97. The van der Waals surface area contributed by atoms with E-state index in [0.29, 0.717) is 24.3 Å². The van der Waals surface area contributed by atoms with Gasteiger partial charge >= 0.3 is 0 Å². The Kier molecular flexibility index (Phi) is 5.80. The van der Waals surface area contributed by atoms with Gasteiger partial charge in [0, 0.05) is 37.2 Å². The second-order valence-electron chi connectivity index (χ2n) is 7.59. The van der Waals surface area contributed by atoms with E-state index in [9.17, 15) is 9.59 Å². The molecule has 1 aromatic heterocycles. The van der Waals surface area contributed by atoms with E-state index in [2.05, 4.69) is 15.7 Å². The predicted molar refractivity (Wildman–Crippen MR) is 109 cm³/mol. The van der Waals surface area contributed by atoms with Crippen LogP contribution in [0.2, 0.25) is 0 Å². The largest absolute Gasteiger partial charge is 0.484 e. The second-order valence-corrected chi connectivity index (χ2v) is 7.59. The molecule has 8 nitrogen and oxygen atoms in total. The van der Waals surface area contributed by atoms with Crippen LogP contribution in [0.1, 0.15) is 25.7 Å². The molecule has 4 rings (SSSR count). The van der Waals surface area contributed by atoms with E-state index < -0.39 is 5.54 Å². The first-order valence-electron chi connectivity index (χ1n) is 10.2. The molecule has 0 radical (unpaired) electrons. The average Bonchev–Trinajstić information content (AvgIpc) is 3.47. The van der Waals surface area contributed by atoms with Crippen LogP contribution in [0.3, 0.4) is 0 Å². The monoisotopic (exact) mass is 397 g/mol. The molecule has 1 aromatic carbocycles. The summed E-state index contributed by atoms with van der Waals surface area (Å²) in [5.74, 6) is 0.478. The van der Waals surface area contributed by atoms with E-state index in [0.717, 1.165) is 39.0 Å². The number of hydrogen-bond acceptors (Lipinski definition) is 5. The van der Waals surface area contributed by atoms with Crippen LogP contribution in [-0.2, 0) is 15.1 Å². The Balaban J connectivity index is 1.42. The molecule has 2 fully saturated rings. The summed E-state index contributed by atoms with van der Waals surface area (Å²) in [6, 6.07) is 9.02. The number of benzene rings is 1. The fourth-order valence-electron chi connectivity index (χ4n) is 4.04. The molecule has 0 atom stereocenters. The van der Waals surface area contributed by atoms with E-state index in [4.69, 9.17) is 4.74 Å². The molecule has 8 heteroatoms. The lowest BCUT2D eigenvalue weighted by Gasteiger charge is -2.36. The Hall–Kier alpha value is -2.87. The predicted octanol–water partition coefficient (Wildman–Crippen LogP) is 1.60. The Morgan fingerprint density at radius 3 is 2.69 bits per heavy atom. The lowest BCUT2D eigenvalue weighted by atomic mass is 9.87. The fraction of sp³-hybridized carbons (Fsp3) is 0.476. The van der Waals surface area contributed by atoms with Crippen molar-refractivity contribution in [3.05, 3.63) is 42.7 Å². The Morgan fingerprint density at radius 2 is 1.97 bits per heavy atom. The molecule has 3 heterocycles. The highest BCUT2D eigenvalue weighted by atomic mass is 16.5. The lowest BCUT2D eigenvalue weighted by Crippen LogP contribution is -2.52. The van der Waals surface area contributed by atoms with Crippen LogP contribution < -0.4 is 15.4 Å². The van der Waals surface area contributed by atoms with Crippen molar-refractivity contribution in [3.63, 3.8) is 0 Å². The molecule has 2 aromatic rings. The van der Waals surface area contributed by atoms with Crippen molar-refractivity contribution >= 4 is 17.5 Å². The van der Waals surface area contributed by atoms with Gasteiger partial charge in [0.1, 0.15) is 11.3 Å². The van der Waals surface area contributed by atoms with Gasteiger partial charge in [-0.1, -0.05) is 6.07 Å². The van der Waals surface area contributed by atoms with Gasteiger partial charge in [0.15, 0.2) is 6.61 Å². The maximum absolute atomic E-state index is 13.2. The molecule has 0 spiro atoms. The van der Waals surface area contributed by atoms with E-state index in [1.165, 1.54) is 0 Å². The summed E-state index contributed by atoms with van der Waals surface area (Å²) in [7, 11) is 0. The van der Waals surface area contributed by atoms with Crippen LogP contribution >= 0.6 is 0 Å². The number of ether oxygens (including phenoxy) is 1. The highest BCUT2D eigenvalue weighted by Crippen LogP contribution is 2.29. The molecule has 29 heavy (non-hydrogen) atoms. The van der Waals surface area contributed by atoms with Crippen molar-refractivity contribution in [1.82, 2.24) is 20.0 Å². The Bertz CT molecular complexity index is 840. The molecule has 2 N–H and O–H groups in total. The third-order valence-electron chi connectivity index (χ3n) is 5.71. The van der Waals surface area contributed by atoms with E-state index in [1.807, 2.05) is 29.3 Å². The second kappa shape index (κ2) is 8.65. The molecular formula is C21H27N5O3. The van der Waals surface area contributed by atoms with Crippen molar-refractivity contribution in [2.45, 2.75) is 31.2 Å². The Labute approximate surface area is 170 Å². The van der Waals surface area contributed by atoms with E-state index in [-0.39, 0.29) is 18.4 Å². The first kappa shape index (κ1) is 19.4. The number of amides is 2. The number of nitrogens with one attached hydrogen (secondary N) is 2. The van der Waals surface area contributed by atoms with E-state index in [1.54, 1.807) is 23.0 Å². The summed E-state index contributed by atoms with van der Waals surface area (Å²) in [5, 5.41) is 10.7. The standard InChI is InChI=1S/C21H27N5O3/c27-19(25-12-1-2-13-25)16-29-18-6-3-5-17(15-18)24-20(28)21(7-10-22-11-8-21)26-14-4-9-23-26/h3-6,9,14-15,22H,1-2,7-8,10-13,16H2,(H,24,28). The van der Waals surface area contributed by atoms with Crippen molar-refractivity contribution < 1.29 is 14.3 Å². The molecular weight excluding hydrogens is 370 g/mol. The Morgan fingerprint density at radius 1 is 1.17 bits per heavy atom. The minimum absolute atomic E-state index is 0.00396. The molecule has 2 amide bonds. The third-order valence-corrected chi connectivity index (χ3v) is 5.71. The number of rotatable bonds is 6. The van der Waals surface area contributed by atoms with Crippen LogP contribution in [0.25, 0.3) is 0 Å². The summed E-state index contributed by atoms with van der Waals surface area (Å²) in [6.45, 7) is 3.15. The minimum atomic E-state index is -0.711. The first-order valence-corrected chi connectivity index (χ1v) is 10.2. The minimum Gasteiger partial charge on any atom is -0.484 e. The quantitative estimate of drug-likeness (QED) is 0.773. The van der Waals surface area contributed by atoms with Gasteiger partial charge in [0.2, 0.25) is 0 Å². The number of anilines is 1. The number of carbonyl (C=O) groups excluding carboxylic acids is 2. The van der Waals surface area contributed by atoms with Crippen LogP contribution in [0, 0.1) is 0 Å². The van der Waals surface area contributed by atoms with E-state index >= 15 is 0 Å². The van der Waals surface area contributed by atoms with Gasteiger partial charge in [0.25, 0.3) is 11.8 Å². The fourth-order valence-corrected chi connectivity index (χ4v) is 4.04. The number of aromatic nitrogens is 2. The zero-order chi connectivity index (χ0) is 20.1. The molecule has 0 aliphatic carbocycles. The van der Waals surface area contributed by atoms with Crippen LogP contribution in [0.5, 0.6) is 5.75 Å². The van der Waals surface area contributed by atoms with Gasteiger partial charge in [-0.15, -0.1) is 0 Å². The van der Waals surface area contributed by atoms with Gasteiger partial charge < -0.3 is 20.3 Å². The maximum Gasteiger partial charge on any atom is 0.260 e. The zero-order valence-corrected chi connectivity index (χ0v) is 16.5. The highest BCUT2D eigenvalue weighted by Gasteiger charge is 2.42. The van der Waals surface area contributed by atoms with Gasteiger partial charge in [-0.05, 0) is 57.0 Å². The summed E-state index contributed by atoms with van der Waals surface area (Å²) < 4.78 is 7.44. The number of likely N-dealkylation sites (tertiary alicyclic amines) is 1. The molecule has 0 unspecified atom stereocenters. The summed E-state index contributed by atoms with van der Waals surface area (Å²) >= 11 is 0. The number of hydrogen-bond donors (Lipinski definition) is 2. The van der Waals surface area contributed by atoms with Gasteiger partial charge in [-0.2, -0.15) is 5.10 Å². The third kappa shape index (κ3) is 4.27. The molecule has 0 bridgehead atoms. The van der Waals surface area contributed by atoms with Gasteiger partial charge in [-0.25, -0.2) is 0 Å². The molecule has 0 saturated carbocycles. The summed E-state index contributed by atoms with van der Waals surface area (Å²) in [6.07, 6.45) is 6.99.